The second-order valence-corrected chi connectivity index (χ2v) is 7.55. The molecular formula is C23H28FN3O3. The molecule has 1 heterocycles. The lowest BCUT2D eigenvalue weighted by Crippen LogP contribution is -2.53. The van der Waals surface area contributed by atoms with Gasteiger partial charge in [0.25, 0.3) is 0 Å². The van der Waals surface area contributed by atoms with Crippen molar-refractivity contribution in [2.75, 3.05) is 20.3 Å². The minimum Gasteiger partial charge on any atom is -0.383 e. The summed E-state index contributed by atoms with van der Waals surface area (Å²) in [4.78, 5) is 27.5. The average Bonchev–Trinajstić information content (AvgIpc) is 2.74. The van der Waals surface area contributed by atoms with Gasteiger partial charge in [-0.3, -0.25) is 9.59 Å². The van der Waals surface area contributed by atoms with Crippen molar-refractivity contribution in [3.05, 3.63) is 71.0 Å². The minimum absolute atomic E-state index is 0.0400. The van der Waals surface area contributed by atoms with Gasteiger partial charge in [-0.15, -0.1) is 0 Å². The number of halogens is 1. The fourth-order valence-electron chi connectivity index (χ4n) is 3.77. The van der Waals surface area contributed by atoms with Gasteiger partial charge in [0.2, 0.25) is 11.8 Å². The normalized spacial score (nSPS) is 16.6. The summed E-state index contributed by atoms with van der Waals surface area (Å²) >= 11 is 0. The zero-order chi connectivity index (χ0) is 21.5. The molecule has 0 saturated carbocycles. The van der Waals surface area contributed by atoms with Gasteiger partial charge in [-0.2, -0.15) is 0 Å². The van der Waals surface area contributed by atoms with Gasteiger partial charge >= 0.3 is 0 Å². The van der Waals surface area contributed by atoms with E-state index in [4.69, 9.17) is 10.5 Å². The van der Waals surface area contributed by atoms with Crippen LogP contribution in [0.4, 0.5) is 4.39 Å². The first-order valence-corrected chi connectivity index (χ1v) is 10.1. The van der Waals surface area contributed by atoms with Gasteiger partial charge in [0, 0.05) is 39.1 Å². The number of benzene rings is 2. The SMILES string of the molecule is COCCNC(=O)[C@@H]1Cc2ccccc2CN1C(=O)C[C@H](N)Cc1ccccc1F. The lowest BCUT2D eigenvalue weighted by molar-refractivity contribution is -0.142. The Morgan fingerprint density at radius 1 is 1.20 bits per heavy atom. The van der Waals surface area contributed by atoms with Crippen LogP contribution >= 0.6 is 0 Å². The molecule has 0 saturated heterocycles. The summed E-state index contributed by atoms with van der Waals surface area (Å²) in [5.41, 5.74) is 8.73. The van der Waals surface area contributed by atoms with E-state index in [2.05, 4.69) is 5.32 Å². The first-order valence-electron chi connectivity index (χ1n) is 10.1. The molecule has 0 aromatic heterocycles. The van der Waals surface area contributed by atoms with Crippen molar-refractivity contribution in [2.24, 2.45) is 5.73 Å². The van der Waals surface area contributed by atoms with Gasteiger partial charge in [-0.05, 0) is 29.2 Å². The number of hydrogen-bond donors (Lipinski definition) is 2. The van der Waals surface area contributed by atoms with Gasteiger partial charge in [0.05, 0.1) is 6.61 Å². The van der Waals surface area contributed by atoms with Gasteiger partial charge < -0.3 is 20.7 Å². The lowest BCUT2D eigenvalue weighted by Gasteiger charge is -2.36. The number of fused-ring (bicyclic) bond motifs is 1. The first-order chi connectivity index (χ1) is 14.5. The quantitative estimate of drug-likeness (QED) is 0.647. The third-order valence-corrected chi connectivity index (χ3v) is 5.35. The summed E-state index contributed by atoms with van der Waals surface area (Å²) in [6.45, 7) is 1.13. The molecule has 0 spiro atoms. The number of amides is 2. The highest BCUT2D eigenvalue weighted by atomic mass is 19.1. The monoisotopic (exact) mass is 413 g/mol. The van der Waals surface area contributed by atoms with Gasteiger partial charge in [0.15, 0.2) is 0 Å². The molecule has 0 fully saturated rings. The zero-order valence-corrected chi connectivity index (χ0v) is 17.1. The molecule has 3 N–H and O–H groups in total. The molecule has 160 valence electrons. The fraction of sp³-hybridized carbons (Fsp3) is 0.391. The van der Waals surface area contributed by atoms with Crippen LogP contribution in [-0.4, -0.2) is 49.1 Å². The Labute approximate surface area is 176 Å². The molecule has 0 bridgehead atoms. The largest absolute Gasteiger partial charge is 0.383 e. The van der Waals surface area contributed by atoms with Crippen molar-refractivity contribution in [1.29, 1.82) is 0 Å². The lowest BCUT2D eigenvalue weighted by atomic mass is 9.92. The van der Waals surface area contributed by atoms with E-state index in [1.807, 2.05) is 24.3 Å². The first kappa shape index (κ1) is 21.9. The van der Waals surface area contributed by atoms with Crippen LogP contribution in [0.1, 0.15) is 23.1 Å². The standard InChI is InChI=1S/C23H28FN3O3/c1-30-11-10-26-23(29)21-13-16-6-2-3-8-18(16)15-27(21)22(28)14-19(25)12-17-7-4-5-9-20(17)24/h2-9,19,21H,10-15,25H2,1H3,(H,26,29)/t19-,21+/m1/s1. The number of methoxy groups -OCH3 is 1. The Kier molecular flexibility index (Phi) is 7.54. The third kappa shape index (κ3) is 5.43. The molecule has 0 aliphatic carbocycles. The summed E-state index contributed by atoms with van der Waals surface area (Å²) in [5.74, 6) is -0.750. The maximum absolute atomic E-state index is 13.9. The van der Waals surface area contributed by atoms with Gasteiger partial charge in [-0.1, -0.05) is 42.5 Å². The molecule has 0 radical (unpaired) electrons. The topological polar surface area (TPSA) is 84.7 Å². The number of rotatable bonds is 8. The van der Waals surface area contributed by atoms with E-state index in [1.165, 1.54) is 6.07 Å². The van der Waals surface area contributed by atoms with Crippen LogP contribution in [0.3, 0.4) is 0 Å². The number of carbonyl (C=O) groups is 2. The fourth-order valence-corrected chi connectivity index (χ4v) is 3.77. The van der Waals surface area contributed by atoms with E-state index >= 15 is 0 Å². The average molecular weight is 413 g/mol. The van der Waals surface area contributed by atoms with Crippen molar-refractivity contribution < 1.29 is 18.7 Å². The van der Waals surface area contributed by atoms with Gasteiger partial charge in [0.1, 0.15) is 11.9 Å². The Bertz CT molecular complexity index is 890. The van der Waals surface area contributed by atoms with Gasteiger partial charge in [-0.25, -0.2) is 4.39 Å². The highest BCUT2D eigenvalue weighted by Crippen LogP contribution is 2.24. The number of nitrogens with one attached hydrogen (secondary N) is 1. The van der Waals surface area contributed by atoms with E-state index in [9.17, 15) is 14.0 Å². The molecule has 2 atom stereocenters. The van der Waals surface area contributed by atoms with Crippen LogP contribution in [0.15, 0.2) is 48.5 Å². The molecule has 2 amide bonds. The minimum atomic E-state index is -0.607. The van der Waals surface area contributed by atoms with Crippen molar-refractivity contribution in [3.63, 3.8) is 0 Å². The molecule has 7 heteroatoms. The highest BCUT2D eigenvalue weighted by Gasteiger charge is 2.34. The molecule has 0 unspecified atom stereocenters. The molecular weight excluding hydrogens is 385 g/mol. The Morgan fingerprint density at radius 2 is 1.90 bits per heavy atom. The van der Waals surface area contributed by atoms with Crippen molar-refractivity contribution in [3.8, 4) is 0 Å². The third-order valence-electron chi connectivity index (χ3n) is 5.35. The Morgan fingerprint density at radius 3 is 2.63 bits per heavy atom. The maximum atomic E-state index is 13.9. The second kappa shape index (κ2) is 10.3. The van der Waals surface area contributed by atoms with Crippen molar-refractivity contribution in [2.45, 2.75) is 37.9 Å². The van der Waals surface area contributed by atoms with Crippen molar-refractivity contribution >= 4 is 11.8 Å². The molecule has 2 aromatic rings. The second-order valence-electron chi connectivity index (χ2n) is 7.55. The Balaban J connectivity index is 1.71. The summed E-state index contributed by atoms with van der Waals surface area (Å²) < 4.78 is 18.9. The molecule has 1 aliphatic heterocycles. The van der Waals surface area contributed by atoms with E-state index in [0.29, 0.717) is 31.7 Å². The van der Waals surface area contributed by atoms with Crippen LogP contribution < -0.4 is 11.1 Å². The predicted molar refractivity (Wildman–Crippen MR) is 112 cm³/mol. The van der Waals surface area contributed by atoms with E-state index in [0.717, 1.165) is 11.1 Å². The smallest absolute Gasteiger partial charge is 0.243 e. The molecule has 2 aromatic carbocycles. The maximum Gasteiger partial charge on any atom is 0.243 e. The van der Waals surface area contributed by atoms with Crippen LogP contribution in [0.25, 0.3) is 0 Å². The number of ether oxygens (including phenoxy) is 1. The van der Waals surface area contributed by atoms with E-state index in [-0.39, 0.29) is 30.5 Å². The number of nitrogens with two attached hydrogens (primary N) is 1. The summed E-state index contributed by atoms with van der Waals surface area (Å²) in [7, 11) is 1.57. The Hall–Kier alpha value is -2.77. The molecule has 1 aliphatic rings. The highest BCUT2D eigenvalue weighted by molar-refractivity contribution is 5.88. The van der Waals surface area contributed by atoms with Crippen LogP contribution in [0.5, 0.6) is 0 Å². The van der Waals surface area contributed by atoms with Crippen LogP contribution in [0.2, 0.25) is 0 Å². The summed E-state index contributed by atoms with van der Waals surface area (Å²) in [6, 6.07) is 13.1. The molecule has 6 nitrogen and oxygen atoms in total. The molecule has 3 rings (SSSR count). The zero-order valence-electron chi connectivity index (χ0n) is 17.1. The number of hydrogen-bond acceptors (Lipinski definition) is 4. The van der Waals surface area contributed by atoms with E-state index in [1.54, 1.807) is 30.2 Å². The summed E-state index contributed by atoms with van der Waals surface area (Å²) in [6.07, 6.45) is 0.745. The number of nitrogens with zero attached hydrogens (tertiary/aromatic N) is 1. The van der Waals surface area contributed by atoms with Crippen LogP contribution in [-0.2, 0) is 33.7 Å². The van der Waals surface area contributed by atoms with E-state index < -0.39 is 12.1 Å². The summed E-state index contributed by atoms with van der Waals surface area (Å²) in [5, 5.41) is 2.83. The predicted octanol–water partition coefficient (Wildman–Crippen LogP) is 1.80. The van der Waals surface area contributed by atoms with Crippen LogP contribution in [0, 0.1) is 5.82 Å². The molecule has 30 heavy (non-hydrogen) atoms. The number of carbonyl (C=O) groups excluding carboxylic acids is 2. The van der Waals surface area contributed by atoms with Crippen molar-refractivity contribution in [1.82, 2.24) is 10.2 Å².